The minimum Gasteiger partial charge on any atom is -0.502 e. The second kappa shape index (κ2) is 4.58. The second-order valence-electron chi connectivity index (χ2n) is 2.96. The Morgan fingerprint density at radius 1 is 1.69 bits per heavy atom. The van der Waals surface area contributed by atoms with Crippen LogP contribution in [0.5, 0.6) is 5.75 Å². The average Bonchev–Trinajstić information content (AvgIpc) is 2.31. The van der Waals surface area contributed by atoms with Crippen molar-refractivity contribution in [3.8, 4) is 5.75 Å². The first kappa shape index (κ1) is 8.05. The first-order valence-corrected chi connectivity index (χ1v) is 4.12. The number of hydrogen-bond acceptors (Lipinski definition) is 5. The van der Waals surface area contributed by atoms with Gasteiger partial charge >= 0.3 is 11.7 Å². The van der Waals surface area contributed by atoms with Gasteiger partial charge in [0.1, 0.15) is 6.04 Å². The zero-order valence-corrected chi connectivity index (χ0v) is 7.93. The number of carboxylic acids is 1. The SMILES string of the molecule is [2H]c1c([2H])c(C[C@@H](N)C(=O)O)c([2H])c([N+](=O)[O-])c1O. The van der Waals surface area contributed by atoms with Gasteiger partial charge in [0.2, 0.25) is 0 Å². The van der Waals surface area contributed by atoms with E-state index in [9.17, 15) is 20.0 Å². The van der Waals surface area contributed by atoms with Gasteiger partial charge in [0, 0.05) is 6.04 Å². The van der Waals surface area contributed by atoms with E-state index in [1.807, 2.05) is 0 Å². The molecule has 0 amide bonds. The summed E-state index contributed by atoms with van der Waals surface area (Å²) in [5.41, 5.74) is 3.85. The maximum atomic E-state index is 10.7. The molecule has 1 atom stereocenters. The second-order valence-corrected chi connectivity index (χ2v) is 2.96. The van der Waals surface area contributed by atoms with Crippen LogP contribution in [0, 0.1) is 10.1 Å². The molecule has 86 valence electrons. The summed E-state index contributed by atoms with van der Waals surface area (Å²) >= 11 is 0. The summed E-state index contributed by atoms with van der Waals surface area (Å²) in [6, 6.07) is -3.75. The first-order chi connectivity index (χ1) is 8.68. The van der Waals surface area contributed by atoms with E-state index in [1.165, 1.54) is 0 Å². The number of carboxylic acid groups (broad SMARTS) is 1. The number of aliphatic carboxylic acids is 1. The van der Waals surface area contributed by atoms with Crippen LogP contribution in [-0.4, -0.2) is 27.1 Å². The van der Waals surface area contributed by atoms with Crippen LogP contribution in [0.3, 0.4) is 0 Å². The van der Waals surface area contributed by atoms with Gasteiger partial charge in [-0.05, 0) is 18.0 Å². The summed E-state index contributed by atoms with van der Waals surface area (Å²) in [4.78, 5) is 20.3. The van der Waals surface area contributed by atoms with Gasteiger partial charge in [-0.1, -0.05) is 6.04 Å². The number of nitro benzene ring substituents is 1. The molecule has 0 aliphatic heterocycles. The van der Waals surface area contributed by atoms with Crippen molar-refractivity contribution in [1.29, 1.82) is 0 Å². The standard InChI is InChI=1S/C9H10N2O5/c10-6(9(13)14)3-5-1-2-8(12)7(4-5)11(15)16/h1-2,4,6,12H,3,10H2,(H,13,14)/t6-/m1/s1/i1D,2D,4D. The van der Waals surface area contributed by atoms with Crippen molar-refractivity contribution >= 4 is 11.7 Å². The monoisotopic (exact) mass is 229 g/mol. The summed E-state index contributed by atoms with van der Waals surface area (Å²) in [6.07, 6.45) is -0.514. The molecule has 0 radical (unpaired) electrons. The van der Waals surface area contributed by atoms with Gasteiger partial charge in [-0.15, -0.1) is 0 Å². The van der Waals surface area contributed by atoms with Crippen molar-refractivity contribution in [3.05, 3.63) is 33.8 Å². The Balaban J connectivity index is 3.48. The van der Waals surface area contributed by atoms with E-state index < -0.39 is 52.9 Å². The van der Waals surface area contributed by atoms with Crippen LogP contribution in [-0.2, 0) is 11.2 Å². The van der Waals surface area contributed by atoms with Crippen LogP contribution >= 0.6 is 0 Å². The summed E-state index contributed by atoms with van der Waals surface area (Å²) in [6.45, 7) is 0. The van der Waals surface area contributed by atoms with Crippen LogP contribution in [0.25, 0.3) is 0 Å². The topological polar surface area (TPSA) is 127 Å². The van der Waals surface area contributed by atoms with Crippen LogP contribution in [0.15, 0.2) is 18.1 Å². The van der Waals surface area contributed by atoms with Gasteiger partial charge in [-0.3, -0.25) is 14.9 Å². The van der Waals surface area contributed by atoms with Crippen molar-refractivity contribution in [3.63, 3.8) is 0 Å². The Kier molecular flexibility index (Phi) is 2.31. The quantitative estimate of drug-likeness (QED) is 0.501. The van der Waals surface area contributed by atoms with Crippen molar-refractivity contribution in [2.75, 3.05) is 0 Å². The number of rotatable bonds is 4. The molecule has 7 nitrogen and oxygen atoms in total. The van der Waals surface area contributed by atoms with Gasteiger partial charge in [-0.25, -0.2) is 0 Å². The van der Waals surface area contributed by atoms with E-state index in [4.69, 9.17) is 15.0 Å². The van der Waals surface area contributed by atoms with Crippen molar-refractivity contribution < 1.29 is 24.0 Å². The molecule has 7 heteroatoms. The van der Waals surface area contributed by atoms with Crippen molar-refractivity contribution in [2.24, 2.45) is 5.73 Å². The van der Waals surface area contributed by atoms with Crippen molar-refractivity contribution in [2.45, 2.75) is 12.5 Å². The van der Waals surface area contributed by atoms with Crippen LogP contribution in [0.4, 0.5) is 5.69 Å². The molecule has 0 bridgehead atoms. The highest BCUT2D eigenvalue weighted by atomic mass is 16.6. The Hall–Kier alpha value is -2.15. The van der Waals surface area contributed by atoms with Gasteiger partial charge < -0.3 is 15.9 Å². The lowest BCUT2D eigenvalue weighted by molar-refractivity contribution is -0.385. The maximum absolute atomic E-state index is 10.7. The van der Waals surface area contributed by atoms with Crippen LogP contribution < -0.4 is 5.73 Å². The molecule has 0 aromatic heterocycles. The lowest BCUT2D eigenvalue weighted by atomic mass is 10.1. The Morgan fingerprint density at radius 3 is 2.81 bits per heavy atom. The number of aromatic hydroxyl groups is 1. The van der Waals surface area contributed by atoms with E-state index in [2.05, 4.69) is 0 Å². The minimum absolute atomic E-state index is 0.357. The van der Waals surface area contributed by atoms with Crippen LogP contribution in [0.2, 0.25) is 0 Å². The normalized spacial score (nSPS) is 14.7. The highest BCUT2D eigenvalue weighted by Gasteiger charge is 2.17. The molecule has 1 aromatic rings. The van der Waals surface area contributed by atoms with Gasteiger partial charge in [-0.2, -0.15) is 0 Å². The molecule has 0 saturated heterocycles. The number of phenols is 1. The molecule has 0 unspecified atom stereocenters. The molecule has 0 saturated carbocycles. The number of nitro groups is 1. The first-order valence-electron chi connectivity index (χ1n) is 5.62. The van der Waals surface area contributed by atoms with Gasteiger partial charge in [0.05, 0.1) is 9.04 Å². The number of hydrogen-bond donors (Lipinski definition) is 3. The largest absolute Gasteiger partial charge is 0.502 e. The third-order valence-corrected chi connectivity index (χ3v) is 1.75. The fourth-order valence-corrected chi connectivity index (χ4v) is 0.969. The molecular formula is C9H10N2O5. The molecule has 1 rings (SSSR count). The van der Waals surface area contributed by atoms with Gasteiger partial charge in [0.25, 0.3) is 0 Å². The number of carbonyl (C=O) groups is 1. The Labute approximate surface area is 94.5 Å². The third kappa shape index (κ3) is 2.67. The molecule has 0 heterocycles. The number of nitrogens with two attached hydrogens (primary N) is 1. The summed E-state index contributed by atoms with van der Waals surface area (Å²) in [7, 11) is 0. The highest BCUT2D eigenvalue weighted by Crippen LogP contribution is 2.26. The Bertz CT molecular complexity index is 564. The molecule has 0 fully saturated rings. The minimum atomic E-state index is -1.46. The maximum Gasteiger partial charge on any atom is 0.320 e. The fraction of sp³-hybridized carbons (Fsp3) is 0.222. The zero-order valence-electron chi connectivity index (χ0n) is 10.9. The zero-order chi connectivity index (χ0) is 14.9. The summed E-state index contributed by atoms with van der Waals surface area (Å²) < 4.78 is 22.4. The van der Waals surface area contributed by atoms with E-state index in [0.717, 1.165) is 0 Å². The molecule has 4 N–H and O–H groups in total. The number of nitrogens with zero attached hydrogens (tertiary/aromatic N) is 1. The summed E-state index contributed by atoms with van der Waals surface area (Å²) in [5, 5.41) is 28.7. The Morgan fingerprint density at radius 2 is 2.31 bits per heavy atom. The summed E-state index contributed by atoms with van der Waals surface area (Å²) in [5.74, 6) is -2.49. The molecule has 0 spiro atoms. The van der Waals surface area contributed by atoms with Crippen molar-refractivity contribution in [1.82, 2.24) is 0 Å². The molecule has 0 aliphatic rings. The van der Waals surface area contributed by atoms with E-state index >= 15 is 0 Å². The molecule has 16 heavy (non-hydrogen) atoms. The average molecular weight is 229 g/mol. The lowest BCUT2D eigenvalue weighted by Crippen LogP contribution is -2.32. The molecular weight excluding hydrogens is 216 g/mol. The highest BCUT2D eigenvalue weighted by molar-refractivity contribution is 5.73. The fourth-order valence-electron chi connectivity index (χ4n) is 0.969. The molecule has 1 aromatic carbocycles. The number of phenolic OH excluding ortho intramolecular Hbond substituents is 1. The van der Waals surface area contributed by atoms with E-state index in [1.54, 1.807) is 0 Å². The van der Waals surface area contributed by atoms with E-state index in [-0.39, 0.29) is 5.56 Å². The van der Waals surface area contributed by atoms with E-state index in [0.29, 0.717) is 0 Å². The smallest absolute Gasteiger partial charge is 0.320 e. The number of benzene rings is 1. The van der Waals surface area contributed by atoms with Gasteiger partial charge in [0.15, 0.2) is 5.75 Å². The third-order valence-electron chi connectivity index (χ3n) is 1.75. The molecule has 0 aliphatic carbocycles. The lowest BCUT2D eigenvalue weighted by Gasteiger charge is -2.06. The predicted octanol–water partition coefficient (Wildman–Crippen LogP) is 0.255. The predicted molar refractivity (Wildman–Crippen MR) is 54.1 cm³/mol. The van der Waals surface area contributed by atoms with Crippen LogP contribution in [0.1, 0.15) is 9.68 Å².